The molecule has 0 aliphatic carbocycles. The fraction of sp³-hybridized carbons (Fsp3) is 0.310. The molecule has 0 aromatic heterocycles. The van der Waals surface area contributed by atoms with E-state index in [1.54, 1.807) is 7.11 Å². The van der Waals surface area contributed by atoms with Crippen LogP contribution in [0.15, 0.2) is 72.8 Å². The van der Waals surface area contributed by atoms with Crippen molar-refractivity contribution in [3.63, 3.8) is 0 Å². The van der Waals surface area contributed by atoms with Gasteiger partial charge in [-0.15, -0.1) is 0 Å². The normalized spacial score (nSPS) is 14.6. The van der Waals surface area contributed by atoms with E-state index in [4.69, 9.17) is 26.3 Å². The van der Waals surface area contributed by atoms with Crippen LogP contribution >= 0.6 is 11.6 Å². The maximum absolute atomic E-state index is 12.8. The highest BCUT2D eigenvalue weighted by Crippen LogP contribution is 2.25. The Balaban J connectivity index is 1.34. The summed E-state index contributed by atoms with van der Waals surface area (Å²) in [5, 5.41) is 12.5. The second-order valence-electron chi connectivity index (χ2n) is 8.96. The summed E-state index contributed by atoms with van der Waals surface area (Å²) in [6.07, 6.45) is 0.192. The SMILES string of the molecule is COc1cccc(C(CN2CCN(C(=O)Nc3ccc(CC#N)cc3)CC2)OCc2cccc(Cl)c2)c1. The Hall–Kier alpha value is -3.57. The van der Waals surface area contributed by atoms with Crippen LogP contribution in [0.1, 0.15) is 22.8 Å². The zero-order chi connectivity index (χ0) is 26.0. The zero-order valence-electron chi connectivity index (χ0n) is 20.9. The molecule has 0 radical (unpaired) electrons. The second-order valence-corrected chi connectivity index (χ2v) is 9.39. The highest BCUT2D eigenvalue weighted by atomic mass is 35.5. The number of hydrogen-bond donors (Lipinski definition) is 1. The average Bonchev–Trinajstić information content (AvgIpc) is 2.92. The van der Waals surface area contributed by atoms with Crippen molar-refractivity contribution in [3.05, 3.63) is 94.5 Å². The number of amides is 2. The summed E-state index contributed by atoms with van der Waals surface area (Å²) in [5.41, 5.74) is 3.71. The lowest BCUT2D eigenvalue weighted by atomic mass is 10.1. The van der Waals surface area contributed by atoms with E-state index in [0.29, 0.717) is 37.7 Å². The molecule has 1 N–H and O–H groups in total. The first-order chi connectivity index (χ1) is 18.0. The Morgan fingerprint density at radius 3 is 2.49 bits per heavy atom. The lowest BCUT2D eigenvalue weighted by molar-refractivity contribution is 0.00584. The lowest BCUT2D eigenvalue weighted by Crippen LogP contribution is -2.50. The van der Waals surface area contributed by atoms with Gasteiger partial charge in [0.05, 0.1) is 32.3 Å². The molecule has 1 heterocycles. The number of nitrogens with one attached hydrogen (secondary N) is 1. The fourth-order valence-corrected chi connectivity index (χ4v) is 4.50. The van der Waals surface area contributed by atoms with Crippen LogP contribution in [0.4, 0.5) is 10.5 Å². The lowest BCUT2D eigenvalue weighted by Gasteiger charge is -2.36. The molecule has 4 rings (SSSR count). The zero-order valence-corrected chi connectivity index (χ0v) is 21.7. The van der Waals surface area contributed by atoms with Gasteiger partial charge in [-0.25, -0.2) is 4.79 Å². The summed E-state index contributed by atoms with van der Waals surface area (Å²) >= 11 is 6.15. The Morgan fingerprint density at radius 2 is 1.78 bits per heavy atom. The van der Waals surface area contributed by atoms with E-state index in [1.807, 2.05) is 71.6 Å². The summed E-state index contributed by atoms with van der Waals surface area (Å²) in [4.78, 5) is 16.9. The second kappa shape index (κ2) is 13.1. The van der Waals surface area contributed by atoms with E-state index in [0.717, 1.165) is 41.2 Å². The monoisotopic (exact) mass is 518 g/mol. The first-order valence-corrected chi connectivity index (χ1v) is 12.7. The highest BCUT2D eigenvalue weighted by molar-refractivity contribution is 6.30. The van der Waals surface area contributed by atoms with E-state index in [1.165, 1.54) is 0 Å². The van der Waals surface area contributed by atoms with Crippen LogP contribution in [0, 0.1) is 11.3 Å². The molecule has 3 aromatic carbocycles. The maximum atomic E-state index is 12.8. The first-order valence-electron chi connectivity index (χ1n) is 12.3. The number of benzene rings is 3. The van der Waals surface area contributed by atoms with Gasteiger partial charge in [0, 0.05) is 43.4 Å². The van der Waals surface area contributed by atoms with Crippen molar-refractivity contribution in [2.24, 2.45) is 0 Å². The third kappa shape index (κ3) is 7.70. The molecule has 7 nitrogen and oxygen atoms in total. The maximum Gasteiger partial charge on any atom is 0.321 e. The number of methoxy groups -OCH3 is 1. The van der Waals surface area contributed by atoms with E-state index < -0.39 is 0 Å². The Morgan fingerprint density at radius 1 is 1.03 bits per heavy atom. The van der Waals surface area contributed by atoms with Gasteiger partial charge in [0.1, 0.15) is 5.75 Å². The van der Waals surface area contributed by atoms with Crippen molar-refractivity contribution < 1.29 is 14.3 Å². The van der Waals surface area contributed by atoms with Gasteiger partial charge in [0.2, 0.25) is 0 Å². The average molecular weight is 519 g/mol. The summed E-state index contributed by atoms with van der Waals surface area (Å²) in [6.45, 7) is 3.88. The Bertz CT molecular complexity index is 1220. The number of urea groups is 1. The number of carbonyl (C=O) groups excluding carboxylic acids is 1. The predicted octanol–water partition coefficient (Wildman–Crippen LogP) is 5.52. The van der Waals surface area contributed by atoms with Crippen LogP contribution in [0.3, 0.4) is 0 Å². The molecule has 1 saturated heterocycles. The van der Waals surface area contributed by atoms with Gasteiger partial charge in [-0.1, -0.05) is 48.0 Å². The Labute approximate surface area is 223 Å². The largest absolute Gasteiger partial charge is 0.497 e. The molecule has 37 heavy (non-hydrogen) atoms. The van der Waals surface area contributed by atoms with Crippen molar-refractivity contribution in [1.82, 2.24) is 9.80 Å². The van der Waals surface area contributed by atoms with Gasteiger partial charge in [0.15, 0.2) is 0 Å². The molecule has 8 heteroatoms. The standard InChI is InChI=1S/C29H31ClN4O3/c1-36-27-7-3-5-24(19-27)28(37-21-23-4-2-6-25(30)18-23)20-33-14-16-34(17-15-33)29(35)32-26-10-8-22(9-11-26)12-13-31/h2-11,18-19,28H,12,14-17,20-21H2,1H3,(H,32,35). The number of halogens is 1. The van der Waals surface area contributed by atoms with Gasteiger partial charge in [-0.05, 0) is 53.1 Å². The highest BCUT2D eigenvalue weighted by Gasteiger charge is 2.24. The van der Waals surface area contributed by atoms with E-state index in [-0.39, 0.29) is 12.1 Å². The smallest absolute Gasteiger partial charge is 0.321 e. The molecule has 0 bridgehead atoms. The molecule has 2 amide bonds. The molecule has 3 aromatic rings. The molecular weight excluding hydrogens is 488 g/mol. The number of carbonyl (C=O) groups is 1. The van der Waals surface area contributed by atoms with E-state index in [2.05, 4.69) is 22.4 Å². The third-order valence-corrected chi connectivity index (χ3v) is 6.61. The molecule has 1 unspecified atom stereocenters. The van der Waals surface area contributed by atoms with Crippen LogP contribution in [0.2, 0.25) is 5.02 Å². The van der Waals surface area contributed by atoms with Gasteiger partial charge < -0.3 is 19.7 Å². The van der Waals surface area contributed by atoms with E-state index in [9.17, 15) is 4.79 Å². The molecule has 1 atom stereocenters. The molecule has 1 aliphatic heterocycles. The van der Waals surface area contributed by atoms with Crippen LogP contribution < -0.4 is 10.1 Å². The topological polar surface area (TPSA) is 77.8 Å². The molecule has 0 spiro atoms. The molecule has 192 valence electrons. The predicted molar refractivity (Wildman–Crippen MR) is 145 cm³/mol. The van der Waals surface area contributed by atoms with Crippen molar-refractivity contribution in [2.75, 3.05) is 45.2 Å². The van der Waals surface area contributed by atoms with Gasteiger partial charge in [0.25, 0.3) is 0 Å². The number of anilines is 1. The molecule has 1 aliphatic rings. The summed E-state index contributed by atoms with van der Waals surface area (Å²) in [6, 6.07) is 25.0. The summed E-state index contributed by atoms with van der Waals surface area (Å²) in [7, 11) is 1.66. The van der Waals surface area contributed by atoms with Crippen molar-refractivity contribution >= 4 is 23.3 Å². The number of rotatable bonds is 9. The number of nitrogens with zero attached hydrogens (tertiary/aromatic N) is 3. The number of piperazine rings is 1. The van der Waals surface area contributed by atoms with Crippen molar-refractivity contribution in [3.8, 4) is 11.8 Å². The minimum Gasteiger partial charge on any atom is -0.497 e. The number of nitriles is 1. The quantitative estimate of drug-likeness (QED) is 0.403. The van der Waals surface area contributed by atoms with Crippen molar-refractivity contribution in [2.45, 2.75) is 19.1 Å². The van der Waals surface area contributed by atoms with Crippen LogP contribution in [-0.4, -0.2) is 55.7 Å². The first kappa shape index (κ1) is 26.5. The van der Waals surface area contributed by atoms with Gasteiger partial charge >= 0.3 is 6.03 Å². The minimum absolute atomic E-state index is 0.116. The molecule has 0 saturated carbocycles. The summed E-state index contributed by atoms with van der Waals surface area (Å²) in [5.74, 6) is 0.788. The van der Waals surface area contributed by atoms with Gasteiger partial charge in [-0.2, -0.15) is 5.26 Å². The van der Waals surface area contributed by atoms with Crippen LogP contribution in [0.5, 0.6) is 5.75 Å². The van der Waals surface area contributed by atoms with E-state index >= 15 is 0 Å². The summed E-state index contributed by atoms with van der Waals surface area (Å²) < 4.78 is 11.8. The van der Waals surface area contributed by atoms with Crippen molar-refractivity contribution in [1.29, 1.82) is 5.26 Å². The third-order valence-electron chi connectivity index (χ3n) is 6.38. The van der Waals surface area contributed by atoms with Gasteiger partial charge in [-0.3, -0.25) is 4.90 Å². The molecular formula is C29H31ClN4O3. The van der Waals surface area contributed by atoms with Crippen LogP contribution in [-0.2, 0) is 17.8 Å². The number of ether oxygens (including phenoxy) is 2. The number of hydrogen-bond acceptors (Lipinski definition) is 5. The molecule has 1 fully saturated rings. The van der Waals surface area contributed by atoms with Crippen LogP contribution in [0.25, 0.3) is 0 Å². The minimum atomic E-state index is -0.165. The fourth-order valence-electron chi connectivity index (χ4n) is 4.29. The Kier molecular flexibility index (Phi) is 9.39.